The summed E-state index contributed by atoms with van der Waals surface area (Å²) in [5.74, 6) is 0.229. The molecule has 0 aromatic carbocycles. The minimum Gasteiger partial charge on any atom is -0.353 e. The molecule has 0 aromatic heterocycles. The molecule has 3 heteroatoms. The van der Waals surface area contributed by atoms with Gasteiger partial charge in [0.2, 0.25) is 5.91 Å². The first-order valence-electron chi connectivity index (χ1n) is 4.40. The second-order valence-electron chi connectivity index (χ2n) is 3.36. The minimum atomic E-state index is 0.218. The summed E-state index contributed by atoms with van der Waals surface area (Å²) in [6.45, 7) is 3.12. The largest absolute Gasteiger partial charge is 0.353 e. The monoisotopic (exact) mass is 154 g/mol. The predicted molar refractivity (Wildman–Crippen MR) is 42.2 cm³/mol. The molecule has 0 bridgehead atoms. The number of nitrogens with one attached hydrogen (secondary N) is 1. The van der Waals surface area contributed by atoms with E-state index in [2.05, 4.69) is 10.2 Å². The van der Waals surface area contributed by atoms with Crippen molar-refractivity contribution in [3.8, 4) is 0 Å². The molecule has 1 amide bonds. The lowest BCUT2D eigenvalue weighted by Gasteiger charge is -2.38. The number of hydrogen-bond acceptors (Lipinski definition) is 2. The normalized spacial score (nSPS) is 32.7. The third-order valence-electron chi connectivity index (χ3n) is 2.60. The van der Waals surface area contributed by atoms with Gasteiger partial charge in [-0.25, -0.2) is 0 Å². The molecule has 0 radical (unpaired) electrons. The fourth-order valence-electron chi connectivity index (χ4n) is 1.80. The number of hydrogen-bond donors (Lipinski definition) is 1. The van der Waals surface area contributed by atoms with Crippen LogP contribution in [-0.4, -0.2) is 36.5 Å². The number of amides is 1. The summed E-state index contributed by atoms with van der Waals surface area (Å²) in [6, 6.07) is 0.218. The second kappa shape index (κ2) is 2.81. The highest BCUT2D eigenvalue weighted by atomic mass is 16.2. The summed E-state index contributed by atoms with van der Waals surface area (Å²) in [4.78, 5) is 13.3. The summed E-state index contributed by atoms with van der Waals surface area (Å²) in [7, 11) is 0. The van der Waals surface area contributed by atoms with Gasteiger partial charge in [0.05, 0.1) is 0 Å². The summed E-state index contributed by atoms with van der Waals surface area (Å²) in [6.07, 6.45) is 3.87. The molecule has 0 aromatic rings. The first-order chi connectivity index (χ1) is 5.38. The summed E-state index contributed by atoms with van der Waals surface area (Å²) < 4.78 is 0. The van der Waals surface area contributed by atoms with Crippen LogP contribution in [0.4, 0.5) is 0 Å². The molecular formula is C8H14N2O. The van der Waals surface area contributed by atoms with E-state index in [0.29, 0.717) is 0 Å². The van der Waals surface area contributed by atoms with Crippen LogP contribution in [0.1, 0.15) is 19.3 Å². The molecule has 62 valence electrons. The molecule has 1 atom stereocenters. The fraction of sp³-hybridized carbons (Fsp3) is 0.875. The quantitative estimate of drug-likeness (QED) is 0.538. The van der Waals surface area contributed by atoms with Crippen molar-refractivity contribution in [3.63, 3.8) is 0 Å². The maximum Gasteiger partial charge on any atom is 0.239 e. The fourth-order valence-corrected chi connectivity index (χ4v) is 1.80. The molecule has 2 fully saturated rings. The Morgan fingerprint density at radius 1 is 1.27 bits per heavy atom. The van der Waals surface area contributed by atoms with Crippen LogP contribution in [0.2, 0.25) is 0 Å². The predicted octanol–water partition coefficient (Wildman–Crippen LogP) is -0.0293. The average Bonchev–Trinajstić information content (AvgIpc) is 2.04. The Hall–Kier alpha value is -0.570. The van der Waals surface area contributed by atoms with Crippen molar-refractivity contribution >= 4 is 5.91 Å². The second-order valence-corrected chi connectivity index (χ2v) is 3.36. The van der Waals surface area contributed by atoms with Crippen LogP contribution < -0.4 is 5.32 Å². The highest BCUT2D eigenvalue weighted by Crippen LogP contribution is 2.14. The lowest BCUT2D eigenvalue weighted by Crippen LogP contribution is -2.62. The number of nitrogens with zero attached hydrogens (tertiary/aromatic N) is 1. The van der Waals surface area contributed by atoms with E-state index in [0.717, 1.165) is 19.6 Å². The zero-order valence-corrected chi connectivity index (χ0v) is 6.68. The maximum atomic E-state index is 11.0. The Bertz CT molecular complexity index is 163. The van der Waals surface area contributed by atoms with Gasteiger partial charge in [0.15, 0.2) is 0 Å². The van der Waals surface area contributed by atoms with E-state index in [9.17, 15) is 4.79 Å². The van der Waals surface area contributed by atoms with Gasteiger partial charge in [-0.3, -0.25) is 9.69 Å². The lowest BCUT2D eigenvalue weighted by molar-refractivity contribution is -0.133. The zero-order chi connectivity index (χ0) is 7.68. The molecule has 2 saturated heterocycles. The lowest BCUT2D eigenvalue weighted by atomic mass is 10.0. The number of piperidine rings is 1. The molecule has 1 N–H and O–H groups in total. The van der Waals surface area contributed by atoms with E-state index in [1.165, 1.54) is 19.3 Å². The molecule has 2 aliphatic rings. The van der Waals surface area contributed by atoms with Crippen LogP contribution in [0.5, 0.6) is 0 Å². The van der Waals surface area contributed by atoms with Gasteiger partial charge in [0, 0.05) is 6.54 Å². The van der Waals surface area contributed by atoms with Gasteiger partial charge in [-0.1, -0.05) is 6.42 Å². The zero-order valence-electron chi connectivity index (χ0n) is 6.68. The van der Waals surface area contributed by atoms with Crippen LogP contribution in [0.25, 0.3) is 0 Å². The Kier molecular flexibility index (Phi) is 1.82. The molecule has 3 nitrogen and oxygen atoms in total. The highest BCUT2D eigenvalue weighted by Gasteiger charge is 2.33. The van der Waals surface area contributed by atoms with Gasteiger partial charge >= 0.3 is 0 Å². The van der Waals surface area contributed by atoms with Crippen molar-refractivity contribution in [2.45, 2.75) is 25.3 Å². The van der Waals surface area contributed by atoms with Crippen LogP contribution in [0.15, 0.2) is 0 Å². The van der Waals surface area contributed by atoms with E-state index < -0.39 is 0 Å². The van der Waals surface area contributed by atoms with Gasteiger partial charge in [0.25, 0.3) is 0 Å². The van der Waals surface area contributed by atoms with Gasteiger partial charge in [-0.05, 0) is 25.9 Å². The van der Waals surface area contributed by atoms with Gasteiger partial charge in [0.1, 0.15) is 6.04 Å². The molecule has 0 saturated carbocycles. The molecular weight excluding hydrogens is 140 g/mol. The molecule has 2 heterocycles. The topological polar surface area (TPSA) is 32.3 Å². The van der Waals surface area contributed by atoms with Crippen molar-refractivity contribution < 1.29 is 4.79 Å². The SMILES string of the molecule is O=C1NCC1N1CCCCC1. The van der Waals surface area contributed by atoms with E-state index in [1.54, 1.807) is 0 Å². The van der Waals surface area contributed by atoms with Gasteiger partial charge in [-0.2, -0.15) is 0 Å². The van der Waals surface area contributed by atoms with Crippen molar-refractivity contribution in [3.05, 3.63) is 0 Å². The molecule has 1 unspecified atom stereocenters. The minimum absolute atomic E-state index is 0.218. The summed E-state index contributed by atoms with van der Waals surface area (Å²) >= 11 is 0. The number of rotatable bonds is 1. The van der Waals surface area contributed by atoms with E-state index in [-0.39, 0.29) is 11.9 Å². The van der Waals surface area contributed by atoms with Crippen LogP contribution >= 0.6 is 0 Å². The van der Waals surface area contributed by atoms with E-state index in [1.807, 2.05) is 0 Å². The summed E-state index contributed by atoms with van der Waals surface area (Å²) in [5, 5.41) is 2.78. The number of likely N-dealkylation sites (tertiary alicyclic amines) is 1. The maximum absolute atomic E-state index is 11.0. The average molecular weight is 154 g/mol. The Balaban J connectivity index is 1.88. The van der Waals surface area contributed by atoms with Crippen molar-refractivity contribution in [1.29, 1.82) is 0 Å². The number of carbonyl (C=O) groups excluding carboxylic acids is 1. The van der Waals surface area contributed by atoms with Crippen LogP contribution in [0, 0.1) is 0 Å². The number of β-lactam (4-membered cyclic amide) rings is 1. The summed E-state index contributed by atoms with van der Waals surface area (Å²) in [5.41, 5.74) is 0. The number of carbonyl (C=O) groups is 1. The first-order valence-corrected chi connectivity index (χ1v) is 4.40. The van der Waals surface area contributed by atoms with Crippen LogP contribution in [0.3, 0.4) is 0 Å². The van der Waals surface area contributed by atoms with Crippen molar-refractivity contribution in [2.75, 3.05) is 19.6 Å². The Labute approximate surface area is 66.8 Å². The smallest absolute Gasteiger partial charge is 0.239 e. The Morgan fingerprint density at radius 3 is 2.45 bits per heavy atom. The van der Waals surface area contributed by atoms with E-state index in [4.69, 9.17) is 0 Å². The third-order valence-corrected chi connectivity index (χ3v) is 2.60. The standard InChI is InChI=1S/C8H14N2O/c11-8-7(6-9-8)10-4-2-1-3-5-10/h7H,1-6H2,(H,9,11). The molecule has 2 aliphatic heterocycles. The van der Waals surface area contributed by atoms with Gasteiger partial charge in [-0.15, -0.1) is 0 Å². The highest BCUT2D eigenvalue weighted by molar-refractivity contribution is 5.87. The third kappa shape index (κ3) is 1.25. The molecule has 0 aliphatic carbocycles. The Morgan fingerprint density at radius 2 is 2.00 bits per heavy atom. The van der Waals surface area contributed by atoms with Gasteiger partial charge < -0.3 is 5.32 Å². The van der Waals surface area contributed by atoms with Crippen molar-refractivity contribution in [1.82, 2.24) is 10.2 Å². The molecule has 2 rings (SSSR count). The van der Waals surface area contributed by atoms with Crippen LogP contribution in [-0.2, 0) is 4.79 Å². The van der Waals surface area contributed by atoms with Crippen molar-refractivity contribution in [2.24, 2.45) is 0 Å². The van der Waals surface area contributed by atoms with E-state index >= 15 is 0 Å². The first kappa shape index (κ1) is 7.10. The molecule has 0 spiro atoms. The molecule has 11 heavy (non-hydrogen) atoms.